The molecule has 0 aliphatic heterocycles. The minimum Gasteiger partial charge on any atom is -0.506 e. The maximum Gasteiger partial charge on any atom is 0.349 e. The number of benzene rings is 2. The molecular weight excluding hydrogens is 664 g/mol. The third-order valence-electron chi connectivity index (χ3n) is 3.24. The highest BCUT2D eigenvalue weighted by Crippen LogP contribution is 2.33. The highest BCUT2D eigenvalue weighted by molar-refractivity contribution is 9.11. The maximum atomic E-state index is 12.0. The van der Waals surface area contributed by atoms with Crippen molar-refractivity contribution in [2.24, 2.45) is 0 Å². The van der Waals surface area contributed by atoms with Crippen LogP contribution in [0.2, 0.25) is 0 Å². The molecule has 0 amide bonds. The molecule has 0 aromatic heterocycles. The second-order valence-corrected chi connectivity index (χ2v) is 8.86. The number of hydrogen-bond acceptors (Lipinski definition) is 8. The first kappa shape index (κ1) is 24.3. The molecule has 2 aromatic rings. The van der Waals surface area contributed by atoms with Gasteiger partial charge in [0, 0.05) is 21.1 Å². The Balaban J connectivity index is 2.02. The van der Waals surface area contributed by atoms with Gasteiger partial charge in [0.2, 0.25) is 0 Å². The summed E-state index contributed by atoms with van der Waals surface area (Å²) in [7, 11) is 0. The van der Waals surface area contributed by atoms with Gasteiger partial charge in [-0.15, -0.1) is 0 Å². The lowest BCUT2D eigenvalue weighted by Crippen LogP contribution is -2.13. The Bertz CT molecular complexity index is 1010. The maximum absolute atomic E-state index is 12.0. The van der Waals surface area contributed by atoms with E-state index in [2.05, 4.69) is 73.2 Å². The third kappa shape index (κ3) is 6.24. The molecule has 0 atom stereocenters. The van der Waals surface area contributed by atoms with Crippen LogP contribution in [-0.2, 0) is 19.1 Å². The highest BCUT2D eigenvalue weighted by atomic mass is 79.9. The largest absolute Gasteiger partial charge is 0.506 e. The summed E-state index contributed by atoms with van der Waals surface area (Å²) in [4.78, 5) is 47.5. The molecule has 0 heterocycles. The number of carbonyl (C=O) groups excluding carboxylic acids is 4. The molecule has 0 aliphatic rings. The van der Waals surface area contributed by atoms with Gasteiger partial charge in [0.1, 0.15) is 22.6 Å². The molecule has 0 bridgehead atoms. The van der Waals surface area contributed by atoms with Gasteiger partial charge in [0.25, 0.3) is 0 Å². The molecule has 0 spiro atoms. The van der Waals surface area contributed by atoms with E-state index in [0.29, 0.717) is 21.1 Å². The smallest absolute Gasteiger partial charge is 0.349 e. The standard InChI is InChI=1S/C18H8Br4O8/c19-7-3-9(15(25)11(21)5-7)17(27)29-13(23)1-2-14(24)30-18(28)10-4-8(20)6-12(22)16(10)26/h1-6,25-26H/b2-1+. The second-order valence-electron chi connectivity index (χ2n) is 5.32. The molecule has 0 saturated heterocycles. The van der Waals surface area contributed by atoms with E-state index in [1.807, 2.05) is 0 Å². The fourth-order valence-electron chi connectivity index (χ4n) is 1.94. The van der Waals surface area contributed by atoms with Crippen LogP contribution in [0.3, 0.4) is 0 Å². The molecule has 0 fully saturated rings. The number of hydrogen-bond donors (Lipinski definition) is 2. The van der Waals surface area contributed by atoms with Crippen molar-refractivity contribution >= 4 is 87.6 Å². The Labute approximate surface area is 202 Å². The number of carbonyl (C=O) groups is 4. The summed E-state index contributed by atoms with van der Waals surface area (Å²) >= 11 is 12.3. The lowest BCUT2D eigenvalue weighted by molar-refractivity contribution is -0.135. The minimum atomic E-state index is -1.24. The monoisotopic (exact) mass is 668 g/mol. The van der Waals surface area contributed by atoms with E-state index in [9.17, 15) is 29.4 Å². The number of rotatable bonds is 4. The van der Waals surface area contributed by atoms with Crippen molar-refractivity contribution in [3.8, 4) is 11.5 Å². The van der Waals surface area contributed by atoms with E-state index < -0.39 is 35.4 Å². The summed E-state index contributed by atoms with van der Waals surface area (Å²) in [6.45, 7) is 0. The summed E-state index contributed by atoms with van der Waals surface area (Å²) in [5.74, 6) is -5.70. The van der Waals surface area contributed by atoms with E-state index >= 15 is 0 Å². The minimum absolute atomic E-state index is 0.191. The van der Waals surface area contributed by atoms with Crippen LogP contribution < -0.4 is 0 Å². The van der Waals surface area contributed by atoms with Gasteiger partial charge in [-0.05, 0) is 56.1 Å². The molecule has 12 heteroatoms. The van der Waals surface area contributed by atoms with Crippen LogP contribution >= 0.6 is 63.7 Å². The first-order valence-electron chi connectivity index (χ1n) is 7.56. The van der Waals surface area contributed by atoms with Crippen LogP contribution in [0, 0.1) is 0 Å². The average Bonchev–Trinajstić information content (AvgIpc) is 2.65. The van der Waals surface area contributed by atoms with Gasteiger partial charge in [-0.25, -0.2) is 19.2 Å². The topological polar surface area (TPSA) is 127 Å². The summed E-state index contributed by atoms with van der Waals surface area (Å²) < 4.78 is 10.3. The summed E-state index contributed by atoms with van der Waals surface area (Å²) in [5.41, 5.74) is -0.599. The number of phenolic OH excluding ortho intramolecular Hbond substituents is 2. The molecule has 0 saturated carbocycles. The number of halogens is 4. The van der Waals surface area contributed by atoms with Gasteiger partial charge < -0.3 is 19.7 Å². The van der Waals surface area contributed by atoms with Crippen molar-refractivity contribution in [3.05, 3.63) is 65.4 Å². The zero-order valence-corrected chi connectivity index (χ0v) is 20.7. The van der Waals surface area contributed by atoms with Crippen molar-refractivity contribution < 1.29 is 38.9 Å². The predicted molar refractivity (Wildman–Crippen MR) is 117 cm³/mol. The number of phenols is 2. The Morgan fingerprint density at radius 1 is 0.667 bits per heavy atom. The highest BCUT2D eigenvalue weighted by Gasteiger charge is 2.20. The van der Waals surface area contributed by atoms with Crippen LogP contribution in [0.25, 0.3) is 0 Å². The molecule has 0 radical (unpaired) electrons. The predicted octanol–water partition coefficient (Wildman–Crippen LogP) is 4.77. The van der Waals surface area contributed by atoms with E-state index in [0.717, 1.165) is 0 Å². The second kappa shape index (κ2) is 10.3. The van der Waals surface area contributed by atoms with Crippen molar-refractivity contribution in [1.82, 2.24) is 0 Å². The van der Waals surface area contributed by atoms with Crippen LogP contribution in [-0.4, -0.2) is 34.1 Å². The fraction of sp³-hybridized carbons (Fsp3) is 0. The summed E-state index contributed by atoms with van der Waals surface area (Å²) in [5, 5.41) is 19.7. The fourth-order valence-corrected chi connectivity index (χ4v) is 4.39. The summed E-state index contributed by atoms with van der Waals surface area (Å²) in [6.07, 6.45) is 1.13. The molecule has 8 nitrogen and oxygen atoms in total. The quantitative estimate of drug-likeness (QED) is 0.271. The van der Waals surface area contributed by atoms with Crippen molar-refractivity contribution in [1.29, 1.82) is 0 Å². The Hall–Kier alpha value is -2.02. The molecule has 156 valence electrons. The molecule has 30 heavy (non-hydrogen) atoms. The number of ether oxygens (including phenoxy) is 2. The lowest BCUT2D eigenvalue weighted by Gasteiger charge is -2.06. The van der Waals surface area contributed by atoms with E-state index in [1.165, 1.54) is 24.3 Å². The Kier molecular flexibility index (Phi) is 8.35. The van der Waals surface area contributed by atoms with Gasteiger partial charge in [-0.2, -0.15) is 0 Å². The van der Waals surface area contributed by atoms with E-state index in [1.54, 1.807) is 0 Å². The molecular formula is C18H8Br4O8. The Morgan fingerprint density at radius 3 is 1.33 bits per heavy atom. The zero-order valence-electron chi connectivity index (χ0n) is 14.3. The molecule has 2 aromatic carbocycles. The summed E-state index contributed by atoms with van der Waals surface area (Å²) in [6, 6.07) is 5.41. The van der Waals surface area contributed by atoms with E-state index in [4.69, 9.17) is 0 Å². The molecule has 0 aliphatic carbocycles. The zero-order chi connectivity index (χ0) is 22.6. The van der Waals surface area contributed by atoms with Crippen LogP contribution in [0.1, 0.15) is 20.7 Å². The SMILES string of the molecule is O=C(/C=C/C(=O)OC(=O)c1cc(Br)cc(Br)c1O)OC(=O)c1cc(Br)cc(Br)c1O. The van der Waals surface area contributed by atoms with Gasteiger partial charge >= 0.3 is 23.9 Å². The van der Waals surface area contributed by atoms with E-state index in [-0.39, 0.29) is 20.1 Å². The van der Waals surface area contributed by atoms with Gasteiger partial charge in [0.05, 0.1) is 8.95 Å². The van der Waals surface area contributed by atoms with Crippen LogP contribution in [0.15, 0.2) is 54.3 Å². The van der Waals surface area contributed by atoms with Crippen molar-refractivity contribution in [3.63, 3.8) is 0 Å². The first-order chi connectivity index (χ1) is 14.0. The van der Waals surface area contributed by atoms with Gasteiger partial charge in [-0.1, -0.05) is 31.9 Å². The Morgan fingerprint density at radius 2 is 1.00 bits per heavy atom. The normalized spacial score (nSPS) is 10.7. The molecule has 0 unspecified atom stereocenters. The van der Waals surface area contributed by atoms with Gasteiger partial charge in [0.15, 0.2) is 0 Å². The average molecular weight is 672 g/mol. The van der Waals surface area contributed by atoms with Crippen molar-refractivity contribution in [2.75, 3.05) is 0 Å². The lowest BCUT2D eigenvalue weighted by atomic mass is 10.2. The number of aromatic hydroxyl groups is 2. The first-order valence-corrected chi connectivity index (χ1v) is 10.7. The van der Waals surface area contributed by atoms with Crippen LogP contribution in [0.4, 0.5) is 0 Å². The van der Waals surface area contributed by atoms with Crippen molar-refractivity contribution in [2.45, 2.75) is 0 Å². The van der Waals surface area contributed by atoms with Gasteiger partial charge in [-0.3, -0.25) is 0 Å². The third-order valence-corrected chi connectivity index (χ3v) is 5.36. The molecule has 2 N–H and O–H groups in total. The number of esters is 4. The van der Waals surface area contributed by atoms with Crippen LogP contribution in [0.5, 0.6) is 11.5 Å². The molecule has 2 rings (SSSR count).